The van der Waals surface area contributed by atoms with Gasteiger partial charge in [-0.1, -0.05) is 0 Å². The zero-order chi connectivity index (χ0) is 61.6. The summed E-state index contributed by atoms with van der Waals surface area (Å²) in [6, 6.07) is 0. The highest BCUT2D eigenvalue weighted by Gasteiger charge is 2.72. The van der Waals surface area contributed by atoms with E-state index in [0.29, 0.717) is 22.2 Å². The summed E-state index contributed by atoms with van der Waals surface area (Å²) in [7, 11) is -25.6. The third-order valence-electron chi connectivity index (χ3n) is 29.1. The standard InChI is InChI=1S/C64H132O8Si13/c1-73(2)65-77(9,10)45-33-49-41-25-57(53(49)37-45)61(29-41)81(17,18)69-85(70-82(19,20)62-30-42-26-58(62)54-38-46(34-50(42)54)78(11,12)66-74(3)4,71-83(21,22)63-31-43-27-59(63)55-39-47(35-51(43)55)79(13,14)67-75(5)6)72-84(23,24)64-32-44-28-60(64)56-40-48(36-52(44)56)80(15,16)68-76(7)8/h41-64,73-76H,25-40H2,1-24H3. The summed E-state index contributed by atoms with van der Waals surface area (Å²) in [5.74, 6) is 13.4. The summed E-state index contributed by atoms with van der Waals surface area (Å²) >= 11 is 0. The molecule has 24 unspecified atom stereocenters. The van der Waals surface area contributed by atoms with Crippen molar-refractivity contribution in [1.82, 2.24) is 0 Å². The Morgan fingerprint density at radius 1 is 0.212 bits per heavy atom. The van der Waals surface area contributed by atoms with Gasteiger partial charge in [-0.2, -0.15) is 0 Å². The molecule has 85 heavy (non-hydrogen) atoms. The van der Waals surface area contributed by atoms with Gasteiger partial charge < -0.3 is 32.9 Å². The lowest BCUT2D eigenvalue weighted by Gasteiger charge is -2.53. The van der Waals surface area contributed by atoms with Crippen molar-refractivity contribution in [3.8, 4) is 0 Å². The van der Waals surface area contributed by atoms with Gasteiger partial charge in [0.15, 0.2) is 103 Å². The molecular weight excluding hydrogens is 1260 g/mol. The zero-order valence-electron chi connectivity index (χ0n) is 59.2. The van der Waals surface area contributed by atoms with E-state index in [1.165, 1.54) is 103 Å². The molecule has 0 spiro atoms. The van der Waals surface area contributed by atoms with Crippen LogP contribution in [-0.4, -0.2) is 112 Å². The topological polar surface area (TPSA) is 73.8 Å². The van der Waals surface area contributed by atoms with Crippen molar-refractivity contribution in [2.75, 3.05) is 0 Å². The third-order valence-corrected chi connectivity index (χ3v) is 78.3. The van der Waals surface area contributed by atoms with E-state index in [9.17, 15) is 0 Å². The fourth-order valence-corrected chi connectivity index (χ4v) is 80.6. The molecule has 12 aliphatic rings. The molecule has 24 atom stereocenters. The fourth-order valence-electron chi connectivity index (χ4n) is 26.3. The van der Waals surface area contributed by atoms with Gasteiger partial charge in [-0.05, 0) is 399 Å². The Balaban J connectivity index is 0.899. The Hall–Kier alpha value is 2.50. The van der Waals surface area contributed by atoms with E-state index in [0.717, 1.165) is 117 Å². The van der Waals surface area contributed by atoms with E-state index in [1.807, 2.05) is 0 Å². The van der Waals surface area contributed by atoms with E-state index in [2.05, 4.69) is 157 Å². The molecule has 0 aromatic carbocycles. The molecule has 0 aromatic heterocycles. The van der Waals surface area contributed by atoms with Gasteiger partial charge in [0.2, 0.25) is 0 Å². The highest BCUT2D eigenvalue weighted by atomic mass is 28.5. The van der Waals surface area contributed by atoms with Gasteiger partial charge in [-0.25, -0.2) is 0 Å². The summed E-state index contributed by atoms with van der Waals surface area (Å²) in [5.41, 5.74) is 5.76. The van der Waals surface area contributed by atoms with Crippen molar-refractivity contribution in [3.05, 3.63) is 0 Å². The summed E-state index contributed by atoms with van der Waals surface area (Å²) in [6.07, 6.45) is 22.6. The van der Waals surface area contributed by atoms with Gasteiger partial charge in [0.1, 0.15) is 0 Å². The highest BCUT2D eigenvalue weighted by Crippen LogP contribution is 2.73. The van der Waals surface area contributed by atoms with Crippen molar-refractivity contribution in [2.45, 2.75) is 304 Å². The normalized spacial score (nSPS) is 43.9. The van der Waals surface area contributed by atoms with Crippen LogP contribution in [0.2, 0.25) is 201 Å². The molecule has 12 rings (SSSR count). The largest absolute Gasteiger partial charge is 0.637 e. The second kappa shape index (κ2) is 23.4. The Labute approximate surface area is 539 Å². The Morgan fingerprint density at radius 3 is 0.565 bits per heavy atom. The van der Waals surface area contributed by atoms with E-state index in [1.54, 1.807) is 0 Å². The molecule has 0 amide bonds. The number of hydrogen-bond donors (Lipinski definition) is 0. The van der Waals surface area contributed by atoms with Crippen molar-refractivity contribution >= 4 is 112 Å². The minimum Gasteiger partial charge on any atom is -0.458 e. The lowest BCUT2D eigenvalue weighted by atomic mass is 9.81. The van der Waals surface area contributed by atoms with Crippen LogP contribution in [0.4, 0.5) is 0 Å². The first-order chi connectivity index (χ1) is 39.2. The van der Waals surface area contributed by atoms with Crippen LogP contribution in [0, 0.1) is 94.7 Å². The maximum Gasteiger partial charge on any atom is 0.637 e. The molecule has 0 saturated heterocycles. The monoisotopic (exact) mass is 1390 g/mol. The molecule has 12 fully saturated rings. The van der Waals surface area contributed by atoms with E-state index in [4.69, 9.17) is 32.9 Å². The van der Waals surface area contributed by atoms with Crippen LogP contribution in [0.3, 0.4) is 0 Å². The third kappa shape index (κ3) is 12.5. The molecule has 8 nitrogen and oxygen atoms in total. The van der Waals surface area contributed by atoms with Gasteiger partial charge >= 0.3 is 9.05 Å². The van der Waals surface area contributed by atoms with Crippen LogP contribution in [0.5, 0.6) is 0 Å². The van der Waals surface area contributed by atoms with Crippen LogP contribution in [-0.2, 0) is 32.9 Å². The summed E-state index contributed by atoms with van der Waals surface area (Å²) in [6.45, 7) is 61.7. The first-order valence-electron chi connectivity index (χ1n) is 36.7. The number of hydrogen-bond acceptors (Lipinski definition) is 8. The Bertz CT molecular complexity index is 2100. The summed E-state index contributed by atoms with van der Waals surface area (Å²) < 4.78 is 63.5. The predicted molar refractivity (Wildman–Crippen MR) is 390 cm³/mol. The average Bonchev–Trinajstić information content (AvgIpc) is 1.95. The molecule has 8 bridgehead atoms. The first kappa shape index (κ1) is 67.5. The Morgan fingerprint density at radius 2 is 0.388 bits per heavy atom. The molecule has 0 aromatic rings. The molecule has 488 valence electrons. The molecule has 12 saturated carbocycles. The van der Waals surface area contributed by atoms with Crippen molar-refractivity contribution in [1.29, 1.82) is 0 Å². The van der Waals surface area contributed by atoms with Crippen molar-refractivity contribution in [3.63, 3.8) is 0 Å². The summed E-state index contributed by atoms with van der Waals surface area (Å²) in [4.78, 5) is 0. The van der Waals surface area contributed by atoms with Crippen molar-refractivity contribution < 1.29 is 32.9 Å². The fraction of sp³-hybridized carbons (Fsp3) is 1.00. The molecule has 0 radical (unpaired) electrons. The van der Waals surface area contributed by atoms with Gasteiger partial charge in [0.05, 0.1) is 0 Å². The first-order valence-corrected chi connectivity index (χ1v) is 73.4. The SMILES string of the molecule is C[SiH](C)O[Si](C)(C)C1CC2C3CC(C2C1)C([Si](C)(C)O[Si](O[Si](C)(C)C1CC2CC1C1CC([Si](C)(C)O[SiH](C)C)CC21)(O[Si](C)(C)C1CC2CC1C1CC([Si](C)(C)O[SiH](C)C)CC21)O[Si](C)(C)C1CC2CC1C1CC([Si](C)(C)O[SiH](C)C)CC21)C3. The number of fused-ring (bicyclic) bond motifs is 20. The van der Waals surface area contributed by atoms with E-state index in [-0.39, 0.29) is 0 Å². The van der Waals surface area contributed by atoms with E-state index >= 15 is 0 Å². The van der Waals surface area contributed by atoms with E-state index < -0.39 is 112 Å². The minimum atomic E-state index is -3.89. The van der Waals surface area contributed by atoms with Gasteiger partial charge in [-0.3, -0.25) is 0 Å². The molecule has 0 heterocycles. The Kier molecular flexibility index (Phi) is 18.6. The lowest BCUT2D eigenvalue weighted by molar-refractivity contribution is 0.123. The van der Waals surface area contributed by atoms with Crippen LogP contribution in [0.15, 0.2) is 0 Å². The lowest BCUT2D eigenvalue weighted by Crippen LogP contribution is -2.69. The smallest absolute Gasteiger partial charge is 0.458 e. The average molecular weight is 1390 g/mol. The predicted octanol–water partition coefficient (Wildman–Crippen LogP) is 18.4. The van der Waals surface area contributed by atoms with Crippen LogP contribution < -0.4 is 0 Å². The molecule has 12 aliphatic carbocycles. The van der Waals surface area contributed by atoms with Gasteiger partial charge in [0, 0.05) is 0 Å². The summed E-state index contributed by atoms with van der Waals surface area (Å²) in [5, 5.41) is 0. The zero-order valence-corrected chi connectivity index (χ0v) is 72.9. The maximum absolute atomic E-state index is 8.82. The highest BCUT2D eigenvalue weighted by molar-refractivity contribution is 6.93. The second-order valence-electron chi connectivity index (χ2n) is 38.4. The van der Waals surface area contributed by atoms with Crippen LogP contribution in [0.25, 0.3) is 0 Å². The van der Waals surface area contributed by atoms with Gasteiger partial charge in [0.25, 0.3) is 0 Å². The quantitative estimate of drug-likeness (QED) is 0.0885. The van der Waals surface area contributed by atoms with Crippen LogP contribution in [0.1, 0.15) is 103 Å². The maximum atomic E-state index is 8.82. The molecular formula is C64H132O8Si13. The molecule has 0 aliphatic heterocycles. The molecule has 0 N–H and O–H groups in total. The van der Waals surface area contributed by atoms with Crippen LogP contribution >= 0.6 is 0 Å². The van der Waals surface area contributed by atoms with Crippen molar-refractivity contribution in [2.24, 2.45) is 94.7 Å². The van der Waals surface area contributed by atoms with Gasteiger partial charge in [-0.15, -0.1) is 0 Å². The second-order valence-corrected chi connectivity index (χ2v) is 86.7. The minimum absolute atomic E-state index is 0.636. The number of rotatable bonds is 24. The molecule has 21 heteroatoms.